The number of nitrogens with zero attached hydrogens (tertiary/aromatic N) is 1. The van der Waals surface area contributed by atoms with E-state index in [2.05, 4.69) is 42.3 Å². The maximum atomic E-state index is 5.92. The number of aromatic nitrogens is 1. The summed E-state index contributed by atoms with van der Waals surface area (Å²) in [5.41, 5.74) is 9.97. The highest BCUT2D eigenvalue weighted by atomic mass is 16.5. The number of pyridine rings is 1. The first-order chi connectivity index (χ1) is 10.1. The zero-order valence-corrected chi connectivity index (χ0v) is 12.5. The molecule has 21 heavy (non-hydrogen) atoms. The van der Waals surface area contributed by atoms with E-state index in [0.717, 1.165) is 11.5 Å². The Morgan fingerprint density at radius 1 is 1.19 bits per heavy atom. The molecule has 1 aromatic carbocycles. The number of rotatable bonds is 5. The Hall–Kier alpha value is -2.23. The van der Waals surface area contributed by atoms with Crippen LogP contribution >= 0.6 is 0 Å². The number of nitrogen functional groups attached to an aromatic ring is 1. The standard InChI is InChI=1S/C17H21N3O/c1-11-7-12(2)9-14(8-11)19-16-6-5-15(18)17(20-16)21-10-13-3-4-13/h5-9,13H,3-4,10,18H2,1-2H3,(H,19,20). The molecule has 0 aliphatic heterocycles. The Bertz CT molecular complexity index is 630. The van der Waals surface area contributed by atoms with Crippen molar-refractivity contribution in [2.75, 3.05) is 17.7 Å². The highest BCUT2D eigenvalue weighted by Crippen LogP contribution is 2.31. The molecule has 1 aliphatic rings. The first-order valence-corrected chi connectivity index (χ1v) is 7.35. The summed E-state index contributed by atoms with van der Waals surface area (Å²) in [4.78, 5) is 4.47. The average Bonchev–Trinajstić information content (AvgIpc) is 3.22. The van der Waals surface area contributed by atoms with Gasteiger partial charge in [0, 0.05) is 5.69 Å². The minimum atomic E-state index is 0.524. The number of hydrogen-bond donors (Lipinski definition) is 2. The monoisotopic (exact) mass is 283 g/mol. The van der Waals surface area contributed by atoms with E-state index in [1.165, 1.54) is 24.0 Å². The van der Waals surface area contributed by atoms with Crippen molar-refractivity contribution in [1.82, 2.24) is 4.98 Å². The first-order valence-electron chi connectivity index (χ1n) is 7.35. The molecular formula is C17H21N3O. The van der Waals surface area contributed by atoms with Gasteiger partial charge in [0.2, 0.25) is 5.88 Å². The molecule has 1 heterocycles. The fourth-order valence-corrected chi connectivity index (χ4v) is 2.31. The molecule has 1 aromatic heterocycles. The zero-order chi connectivity index (χ0) is 14.8. The fraction of sp³-hybridized carbons (Fsp3) is 0.353. The summed E-state index contributed by atoms with van der Waals surface area (Å²) in [5, 5.41) is 3.31. The average molecular weight is 283 g/mol. The van der Waals surface area contributed by atoms with Crippen molar-refractivity contribution in [3.05, 3.63) is 41.5 Å². The molecule has 4 heteroatoms. The Kier molecular flexibility index (Phi) is 3.69. The number of nitrogens with one attached hydrogen (secondary N) is 1. The predicted octanol–water partition coefficient (Wildman–Crippen LogP) is 3.81. The van der Waals surface area contributed by atoms with Crippen LogP contribution in [0, 0.1) is 19.8 Å². The topological polar surface area (TPSA) is 60.2 Å². The molecule has 0 radical (unpaired) electrons. The lowest BCUT2D eigenvalue weighted by molar-refractivity contribution is 0.290. The van der Waals surface area contributed by atoms with Gasteiger partial charge in [0.05, 0.1) is 12.3 Å². The zero-order valence-electron chi connectivity index (χ0n) is 12.5. The molecule has 0 spiro atoms. The van der Waals surface area contributed by atoms with Crippen molar-refractivity contribution < 1.29 is 4.74 Å². The highest BCUT2D eigenvalue weighted by Gasteiger charge is 2.22. The lowest BCUT2D eigenvalue weighted by Crippen LogP contribution is -2.05. The van der Waals surface area contributed by atoms with E-state index >= 15 is 0 Å². The van der Waals surface area contributed by atoms with E-state index < -0.39 is 0 Å². The van der Waals surface area contributed by atoms with E-state index in [-0.39, 0.29) is 0 Å². The van der Waals surface area contributed by atoms with E-state index in [4.69, 9.17) is 10.5 Å². The second kappa shape index (κ2) is 5.64. The van der Waals surface area contributed by atoms with Gasteiger partial charge in [-0.1, -0.05) is 6.07 Å². The molecule has 110 valence electrons. The van der Waals surface area contributed by atoms with Crippen LogP contribution in [-0.4, -0.2) is 11.6 Å². The number of ether oxygens (including phenoxy) is 1. The summed E-state index contributed by atoms with van der Waals surface area (Å²) in [5.74, 6) is 1.96. The van der Waals surface area contributed by atoms with Crippen LogP contribution in [0.5, 0.6) is 5.88 Å². The van der Waals surface area contributed by atoms with Crippen molar-refractivity contribution in [2.24, 2.45) is 5.92 Å². The Morgan fingerprint density at radius 3 is 2.57 bits per heavy atom. The van der Waals surface area contributed by atoms with Gasteiger partial charge in [-0.3, -0.25) is 0 Å². The molecule has 1 saturated carbocycles. The number of nitrogens with two attached hydrogens (primary N) is 1. The summed E-state index contributed by atoms with van der Waals surface area (Å²) in [7, 11) is 0. The van der Waals surface area contributed by atoms with Crippen molar-refractivity contribution in [2.45, 2.75) is 26.7 Å². The third-order valence-electron chi connectivity index (χ3n) is 3.54. The van der Waals surface area contributed by atoms with Gasteiger partial charge in [-0.2, -0.15) is 4.98 Å². The van der Waals surface area contributed by atoms with Gasteiger partial charge in [-0.15, -0.1) is 0 Å². The number of benzene rings is 1. The number of aryl methyl sites for hydroxylation is 2. The van der Waals surface area contributed by atoms with Gasteiger partial charge in [0.15, 0.2) is 0 Å². The first kappa shape index (κ1) is 13.7. The molecule has 3 rings (SSSR count). The minimum absolute atomic E-state index is 0.524. The molecule has 3 N–H and O–H groups in total. The van der Waals surface area contributed by atoms with Gasteiger partial charge < -0.3 is 15.8 Å². The van der Waals surface area contributed by atoms with Crippen LogP contribution < -0.4 is 15.8 Å². The quantitative estimate of drug-likeness (QED) is 0.876. The summed E-state index contributed by atoms with van der Waals surface area (Å²) in [6, 6.07) is 10.0. The summed E-state index contributed by atoms with van der Waals surface area (Å²) < 4.78 is 5.71. The third-order valence-corrected chi connectivity index (χ3v) is 3.54. The van der Waals surface area contributed by atoms with Crippen molar-refractivity contribution in [3.8, 4) is 5.88 Å². The van der Waals surface area contributed by atoms with Gasteiger partial charge >= 0.3 is 0 Å². The normalized spacial score (nSPS) is 14.0. The molecule has 0 unspecified atom stereocenters. The summed E-state index contributed by atoms with van der Waals surface area (Å²) in [6.45, 7) is 4.88. The summed E-state index contributed by atoms with van der Waals surface area (Å²) >= 11 is 0. The molecule has 0 atom stereocenters. The van der Waals surface area contributed by atoms with Gasteiger partial charge in [-0.05, 0) is 68.0 Å². The van der Waals surface area contributed by atoms with E-state index in [1.807, 2.05) is 12.1 Å². The van der Waals surface area contributed by atoms with Gasteiger partial charge in [-0.25, -0.2) is 0 Å². The van der Waals surface area contributed by atoms with Crippen molar-refractivity contribution in [1.29, 1.82) is 0 Å². The van der Waals surface area contributed by atoms with Crippen molar-refractivity contribution >= 4 is 17.2 Å². The van der Waals surface area contributed by atoms with Gasteiger partial charge in [0.1, 0.15) is 5.82 Å². The van der Waals surface area contributed by atoms with E-state index in [0.29, 0.717) is 24.1 Å². The van der Waals surface area contributed by atoms with Crippen LogP contribution in [-0.2, 0) is 0 Å². The lowest BCUT2D eigenvalue weighted by Gasteiger charge is -2.11. The Morgan fingerprint density at radius 2 is 1.90 bits per heavy atom. The van der Waals surface area contributed by atoms with Crippen LogP contribution in [0.2, 0.25) is 0 Å². The lowest BCUT2D eigenvalue weighted by atomic mass is 10.1. The minimum Gasteiger partial charge on any atom is -0.476 e. The number of anilines is 3. The third kappa shape index (κ3) is 3.66. The smallest absolute Gasteiger partial charge is 0.239 e. The molecular weight excluding hydrogens is 262 g/mol. The molecule has 1 fully saturated rings. The predicted molar refractivity (Wildman–Crippen MR) is 86.1 cm³/mol. The van der Waals surface area contributed by atoms with E-state index in [1.54, 1.807) is 0 Å². The molecule has 2 aromatic rings. The maximum absolute atomic E-state index is 5.92. The largest absolute Gasteiger partial charge is 0.476 e. The highest BCUT2D eigenvalue weighted by molar-refractivity contribution is 5.61. The second-order valence-electron chi connectivity index (χ2n) is 5.85. The van der Waals surface area contributed by atoms with E-state index in [9.17, 15) is 0 Å². The van der Waals surface area contributed by atoms with Crippen LogP contribution in [0.15, 0.2) is 30.3 Å². The molecule has 0 amide bonds. The number of hydrogen-bond acceptors (Lipinski definition) is 4. The maximum Gasteiger partial charge on any atom is 0.239 e. The van der Waals surface area contributed by atoms with Gasteiger partial charge in [0.25, 0.3) is 0 Å². The molecule has 1 aliphatic carbocycles. The fourth-order valence-electron chi connectivity index (χ4n) is 2.31. The SMILES string of the molecule is Cc1cc(C)cc(Nc2ccc(N)c(OCC3CC3)n2)c1. The van der Waals surface area contributed by atoms with Crippen LogP contribution in [0.3, 0.4) is 0 Å². The Balaban J connectivity index is 1.76. The second-order valence-corrected chi connectivity index (χ2v) is 5.85. The van der Waals surface area contributed by atoms with Crippen molar-refractivity contribution in [3.63, 3.8) is 0 Å². The van der Waals surface area contributed by atoms with Crippen LogP contribution in [0.25, 0.3) is 0 Å². The Labute approximate surface area is 125 Å². The molecule has 0 saturated heterocycles. The molecule has 4 nitrogen and oxygen atoms in total. The summed E-state index contributed by atoms with van der Waals surface area (Å²) in [6.07, 6.45) is 2.50. The van der Waals surface area contributed by atoms with Crippen LogP contribution in [0.1, 0.15) is 24.0 Å². The van der Waals surface area contributed by atoms with Crippen LogP contribution in [0.4, 0.5) is 17.2 Å². The molecule has 0 bridgehead atoms.